The van der Waals surface area contributed by atoms with Crippen molar-refractivity contribution in [3.05, 3.63) is 30.1 Å². The average molecular weight is 327 g/mol. The Morgan fingerprint density at radius 3 is 2.32 bits per heavy atom. The third kappa shape index (κ3) is 4.80. The molecule has 1 aromatic rings. The summed E-state index contributed by atoms with van der Waals surface area (Å²) >= 11 is 0. The molecule has 1 aromatic carbocycles. The van der Waals surface area contributed by atoms with Crippen LogP contribution in [-0.4, -0.2) is 26.1 Å². The molecule has 6 heteroatoms. The zero-order chi connectivity index (χ0) is 16.0. The summed E-state index contributed by atoms with van der Waals surface area (Å²) in [5, 5.41) is 2.79. The SMILES string of the molecule is O=C(CS(=O)(=O)c1ccccc1F)NC1CCCCCCC1. The maximum absolute atomic E-state index is 13.6. The minimum absolute atomic E-state index is 0.0311. The van der Waals surface area contributed by atoms with Crippen molar-refractivity contribution in [2.75, 3.05) is 5.75 Å². The number of benzene rings is 1. The van der Waals surface area contributed by atoms with Crippen molar-refractivity contribution in [1.29, 1.82) is 0 Å². The van der Waals surface area contributed by atoms with Crippen LogP contribution in [0.2, 0.25) is 0 Å². The maximum atomic E-state index is 13.6. The van der Waals surface area contributed by atoms with Gasteiger partial charge in [-0.1, -0.05) is 44.2 Å². The number of nitrogens with one attached hydrogen (secondary N) is 1. The first-order valence-corrected chi connectivity index (χ1v) is 9.41. The highest BCUT2D eigenvalue weighted by Gasteiger charge is 2.24. The van der Waals surface area contributed by atoms with Crippen LogP contribution < -0.4 is 5.32 Å². The molecule has 0 aromatic heterocycles. The molecule has 1 saturated carbocycles. The number of carbonyl (C=O) groups excluding carboxylic acids is 1. The number of hydrogen-bond acceptors (Lipinski definition) is 3. The summed E-state index contributed by atoms with van der Waals surface area (Å²) in [5.41, 5.74) is 0. The van der Waals surface area contributed by atoms with Crippen LogP contribution in [0.3, 0.4) is 0 Å². The largest absolute Gasteiger partial charge is 0.352 e. The molecule has 0 atom stereocenters. The summed E-state index contributed by atoms with van der Waals surface area (Å²) in [6, 6.07) is 5.17. The zero-order valence-corrected chi connectivity index (χ0v) is 13.4. The molecular weight excluding hydrogens is 305 g/mol. The monoisotopic (exact) mass is 327 g/mol. The second-order valence-corrected chi connectivity index (χ2v) is 7.76. The van der Waals surface area contributed by atoms with E-state index in [-0.39, 0.29) is 6.04 Å². The first-order chi connectivity index (χ1) is 10.5. The fourth-order valence-corrected chi connectivity index (χ4v) is 4.05. The topological polar surface area (TPSA) is 63.2 Å². The van der Waals surface area contributed by atoms with Crippen LogP contribution in [-0.2, 0) is 14.6 Å². The minimum atomic E-state index is -3.94. The molecular formula is C16H22FNO3S. The van der Waals surface area contributed by atoms with E-state index < -0.39 is 32.2 Å². The summed E-state index contributed by atoms with van der Waals surface area (Å²) in [6.07, 6.45) is 7.38. The molecule has 0 saturated heterocycles. The van der Waals surface area contributed by atoms with Crippen molar-refractivity contribution in [3.8, 4) is 0 Å². The maximum Gasteiger partial charge on any atom is 0.235 e. The van der Waals surface area contributed by atoms with E-state index in [4.69, 9.17) is 0 Å². The molecule has 1 N–H and O–H groups in total. The van der Waals surface area contributed by atoms with Gasteiger partial charge in [-0.3, -0.25) is 4.79 Å². The molecule has 0 bridgehead atoms. The Balaban J connectivity index is 1.97. The van der Waals surface area contributed by atoms with Crippen LogP contribution in [0.15, 0.2) is 29.2 Å². The van der Waals surface area contributed by atoms with E-state index in [9.17, 15) is 17.6 Å². The standard InChI is InChI=1S/C16H22FNO3S/c17-14-10-6-7-11-15(14)22(20,21)12-16(19)18-13-8-4-2-1-3-5-9-13/h6-7,10-11,13H,1-5,8-9,12H2,(H,18,19). The number of sulfone groups is 1. The molecule has 1 aliphatic carbocycles. The van der Waals surface area contributed by atoms with Gasteiger partial charge in [0.2, 0.25) is 5.91 Å². The smallest absolute Gasteiger partial charge is 0.235 e. The normalized spacial score (nSPS) is 17.5. The predicted octanol–water partition coefficient (Wildman–Crippen LogP) is 2.83. The first kappa shape index (κ1) is 16.9. The molecule has 0 aliphatic heterocycles. The third-order valence-electron chi connectivity index (χ3n) is 3.96. The molecule has 2 rings (SSSR count). The first-order valence-electron chi connectivity index (χ1n) is 7.76. The van der Waals surface area contributed by atoms with Crippen molar-refractivity contribution in [1.82, 2.24) is 5.32 Å². The van der Waals surface area contributed by atoms with E-state index in [2.05, 4.69) is 5.32 Å². The lowest BCUT2D eigenvalue weighted by Crippen LogP contribution is -2.39. The van der Waals surface area contributed by atoms with Crippen molar-refractivity contribution in [2.45, 2.75) is 55.9 Å². The van der Waals surface area contributed by atoms with Crippen molar-refractivity contribution >= 4 is 15.7 Å². The number of hydrogen-bond donors (Lipinski definition) is 1. The van der Waals surface area contributed by atoms with E-state index in [1.165, 1.54) is 24.6 Å². The van der Waals surface area contributed by atoms with Crippen molar-refractivity contribution in [2.24, 2.45) is 0 Å². The third-order valence-corrected chi connectivity index (χ3v) is 5.61. The van der Waals surface area contributed by atoms with Crippen LogP contribution in [0.4, 0.5) is 4.39 Å². The number of carbonyl (C=O) groups is 1. The molecule has 0 unspecified atom stereocenters. The van der Waals surface area contributed by atoms with Gasteiger partial charge in [0, 0.05) is 6.04 Å². The minimum Gasteiger partial charge on any atom is -0.352 e. The van der Waals surface area contributed by atoms with Gasteiger partial charge in [-0.2, -0.15) is 0 Å². The Kier molecular flexibility index (Phi) is 5.94. The molecule has 0 radical (unpaired) electrons. The lowest BCUT2D eigenvalue weighted by Gasteiger charge is -2.21. The molecule has 1 aliphatic rings. The van der Waals surface area contributed by atoms with E-state index in [0.717, 1.165) is 44.6 Å². The van der Waals surface area contributed by atoms with Crippen LogP contribution in [0.25, 0.3) is 0 Å². The number of amides is 1. The average Bonchev–Trinajstić information content (AvgIpc) is 2.41. The fraction of sp³-hybridized carbons (Fsp3) is 0.562. The van der Waals surface area contributed by atoms with Gasteiger partial charge >= 0.3 is 0 Å². The Bertz CT molecular complexity index is 608. The van der Waals surface area contributed by atoms with Gasteiger partial charge in [0.15, 0.2) is 9.84 Å². The number of halogens is 1. The Morgan fingerprint density at radius 1 is 1.09 bits per heavy atom. The van der Waals surface area contributed by atoms with Gasteiger partial charge < -0.3 is 5.32 Å². The van der Waals surface area contributed by atoms with Gasteiger partial charge in [-0.15, -0.1) is 0 Å². The highest BCUT2D eigenvalue weighted by Crippen LogP contribution is 2.18. The highest BCUT2D eigenvalue weighted by molar-refractivity contribution is 7.92. The lowest BCUT2D eigenvalue weighted by molar-refractivity contribution is -0.119. The van der Waals surface area contributed by atoms with E-state index in [0.29, 0.717) is 0 Å². The predicted molar refractivity (Wildman–Crippen MR) is 82.7 cm³/mol. The molecule has 122 valence electrons. The Hall–Kier alpha value is -1.43. The lowest BCUT2D eigenvalue weighted by atomic mass is 9.97. The zero-order valence-electron chi connectivity index (χ0n) is 12.6. The van der Waals surface area contributed by atoms with Gasteiger partial charge in [-0.25, -0.2) is 12.8 Å². The van der Waals surface area contributed by atoms with Gasteiger partial charge in [0.25, 0.3) is 0 Å². The van der Waals surface area contributed by atoms with Crippen LogP contribution in [0.5, 0.6) is 0 Å². The van der Waals surface area contributed by atoms with Gasteiger partial charge in [-0.05, 0) is 25.0 Å². The summed E-state index contributed by atoms with van der Waals surface area (Å²) in [4.78, 5) is 11.6. The second-order valence-electron chi connectivity index (χ2n) is 5.80. The van der Waals surface area contributed by atoms with Crippen LogP contribution in [0, 0.1) is 5.82 Å². The van der Waals surface area contributed by atoms with Crippen LogP contribution in [0.1, 0.15) is 44.9 Å². The van der Waals surface area contributed by atoms with E-state index >= 15 is 0 Å². The van der Waals surface area contributed by atoms with E-state index in [1.807, 2.05) is 0 Å². The van der Waals surface area contributed by atoms with Crippen molar-refractivity contribution < 1.29 is 17.6 Å². The molecule has 1 fully saturated rings. The summed E-state index contributed by atoms with van der Waals surface area (Å²) in [7, 11) is -3.94. The summed E-state index contributed by atoms with van der Waals surface area (Å²) < 4.78 is 37.8. The van der Waals surface area contributed by atoms with Gasteiger partial charge in [0.05, 0.1) is 0 Å². The molecule has 0 heterocycles. The van der Waals surface area contributed by atoms with Gasteiger partial charge in [0.1, 0.15) is 16.5 Å². The highest BCUT2D eigenvalue weighted by atomic mass is 32.2. The van der Waals surface area contributed by atoms with Crippen molar-refractivity contribution in [3.63, 3.8) is 0 Å². The molecule has 1 amide bonds. The molecule has 22 heavy (non-hydrogen) atoms. The number of rotatable bonds is 4. The second kappa shape index (κ2) is 7.72. The summed E-state index contributed by atoms with van der Waals surface area (Å²) in [6.45, 7) is 0. The van der Waals surface area contributed by atoms with E-state index in [1.54, 1.807) is 0 Å². The molecule has 0 spiro atoms. The fourth-order valence-electron chi connectivity index (χ4n) is 2.82. The Labute approximate surface area is 131 Å². The van der Waals surface area contributed by atoms with Crippen LogP contribution >= 0.6 is 0 Å². The quantitative estimate of drug-likeness (QED) is 0.925. The summed E-state index contributed by atoms with van der Waals surface area (Å²) in [5.74, 6) is -2.07. The molecule has 4 nitrogen and oxygen atoms in total. The Morgan fingerprint density at radius 2 is 1.68 bits per heavy atom.